The van der Waals surface area contributed by atoms with Gasteiger partial charge in [-0.05, 0) is 48.9 Å². The predicted octanol–water partition coefficient (Wildman–Crippen LogP) is 2.65. The van der Waals surface area contributed by atoms with E-state index < -0.39 is 0 Å². The molecule has 0 saturated heterocycles. The molecule has 2 nitrogen and oxygen atoms in total. The molecular formula is C15H21NO. The van der Waals surface area contributed by atoms with Gasteiger partial charge in [0.1, 0.15) is 5.75 Å². The average Bonchev–Trinajstić information content (AvgIpc) is 2.49. The second-order valence-corrected chi connectivity index (χ2v) is 5.26. The van der Waals surface area contributed by atoms with Crippen LogP contribution < -0.4 is 4.74 Å². The van der Waals surface area contributed by atoms with E-state index in [9.17, 15) is 0 Å². The van der Waals surface area contributed by atoms with Crippen LogP contribution in [0.1, 0.15) is 30.4 Å². The molecule has 0 aromatic heterocycles. The Balaban J connectivity index is 1.75. The van der Waals surface area contributed by atoms with Gasteiger partial charge in [0, 0.05) is 19.1 Å². The molecule has 2 heteroatoms. The summed E-state index contributed by atoms with van der Waals surface area (Å²) >= 11 is 0. The molecular weight excluding hydrogens is 210 g/mol. The van der Waals surface area contributed by atoms with Gasteiger partial charge >= 0.3 is 0 Å². The summed E-state index contributed by atoms with van der Waals surface area (Å²) < 4.78 is 5.31. The van der Waals surface area contributed by atoms with Gasteiger partial charge in [0.25, 0.3) is 0 Å². The van der Waals surface area contributed by atoms with Crippen molar-refractivity contribution in [1.29, 1.82) is 0 Å². The molecule has 92 valence electrons. The Bertz CT molecular complexity index is 398. The number of rotatable bonds is 2. The van der Waals surface area contributed by atoms with Gasteiger partial charge in [0.05, 0.1) is 7.11 Å². The molecule has 0 unspecified atom stereocenters. The van der Waals surface area contributed by atoms with Crippen LogP contribution in [0.3, 0.4) is 0 Å². The zero-order chi connectivity index (χ0) is 11.7. The fourth-order valence-corrected chi connectivity index (χ4v) is 2.96. The van der Waals surface area contributed by atoms with E-state index in [2.05, 4.69) is 23.1 Å². The maximum atomic E-state index is 5.31. The lowest BCUT2D eigenvalue weighted by atomic mass is 9.91. The Morgan fingerprint density at radius 1 is 1.12 bits per heavy atom. The van der Waals surface area contributed by atoms with E-state index in [0.717, 1.165) is 11.8 Å². The molecule has 2 aliphatic rings. The molecule has 17 heavy (non-hydrogen) atoms. The molecule has 3 rings (SSSR count). The lowest BCUT2D eigenvalue weighted by molar-refractivity contribution is 0.133. The fourth-order valence-electron chi connectivity index (χ4n) is 2.96. The number of fused-ring (bicyclic) bond motifs is 1. The monoisotopic (exact) mass is 231 g/mol. The van der Waals surface area contributed by atoms with Crippen molar-refractivity contribution in [3.63, 3.8) is 0 Å². The second kappa shape index (κ2) is 4.69. The maximum absolute atomic E-state index is 5.31. The zero-order valence-corrected chi connectivity index (χ0v) is 10.6. The average molecular weight is 231 g/mol. The highest BCUT2D eigenvalue weighted by Crippen LogP contribution is 2.28. The van der Waals surface area contributed by atoms with Crippen molar-refractivity contribution in [2.75, 3.05) is 20.2 Å². The van der Waals surface area contributed by atoms with Gasteiger partial charge in [0.2, 0.25) is 0 Å². The quantitative estimate of drug-likeness (QED) is 0.776. The Morgan fingerprint density at radius 3 is 2.53 bits per heavy atom. The number of hydrogen-bond acceptors (Lipinski definition) is 2. The lowest BCUT2D eigenvalue weighted by Crippen LogP contribution is -2.41. The molecule has 0 spiro atoms. The molecule has 0 radical (unpaired) electrons. The van der Waals surface area contributed by atoms with Gasteiger partial charge in [-0.2, -0.15) is 0 Å². The van der Waals surface area contributed by atoms with E-state index in [1.807, 2.05) is 0 Å². The first kappa shape index (κ1) is 11.1. The van der Waals surface area contributed by atoms with Gasteiger partial charge in [-0.1, -0.05) is 12.5 Å². The molecule has 1 fully saturated rings. The van der Waals surface area contributed by atoms with E-state index >= 15 is 0 Å². The van der Waals surface area contributed by atoms with Crippen molar-refractivity contribution in [1.82, 2.24) is 4.90 Å². The lowest BCUT2D eigenvalue weighted by Gasteiger charge is -2.36. The Morgan fingerprint density at radius 2 is 1.88 bits per heavy atom. The minimum atomic E-state index is 0.881. The third-order valence-corrected chi connectivity index (χ3v) is 4.34. The van der Waals surface area contributed by atoms with Crippen LogP contribution >= 0.6 is 0 Å². The highest BCUT2D eigenvalue weighted by molar-refractivity contribution is 5.36. The van der Waals surface area contributed by atoms with E-state index in [0.29, 0.717) is 0 Å². The van der Waals surface area contributed by atoms with Crippen molar-refractivity contribution in [2.45, 2.75) is 38.1 Å². The van der Waals surface area contributed by atoms with Gasteiger partial charge in [-0.25, -0.2) is 0 Å². The molecule has 0 N–H and O–H groups in total. The molecule has 1 aliphatic carbocycles. The van der Waals surface area contributed by atoms with Crippen molar-refractivity contribution in [3.05, 3.63) is 29.3 Å². The fraction of sp³-hybridized carbons (Fsp3) is 0.600. The van der Waals surface area contributed by atoms with Crippen molar-refractivity contribution < 1.29 is 4.74 Å². The van der Waals surface area contributed by atoms with Gasteiger partial charge in [-0.15, -0.1) is 0 Å². The van der Waals surface area contributed by atoms with E-state index in [1.54, 1.807) is 7.11 Å². The first-order valence-electron chi connectivity index (χ1n) is 6.76. The van der Waals surface area contributed by atoms with Gasteiger partial charge in [-0.3, -0.25) is 4.90 Å². The van der Waals surface area contributed by atoms with Crippen LogP contribution in [-0.2, 0) is 12.8 Å². The van der Waals surface area contributed by atoms with E-state index in [4.69, 9.17) is 4.74 Å². The largest absolute Gasteiger partial charge is 0.497 e. The molecule has 0 amide bonds. The van der Waals surface area contributed by atoms with Crippen molar-refractivity contribution in [2.24, 2.45) is 0 Å². The number of methoxy groups -OCH3 is 1. The third-order valence-electron chi connectivity index (χ3n) is 4.34. The van der Waals surface area contributed by atoms with Crippen LogP contribution in [0.2, 0.25) is 0 Å². The first-order chi connectivity index (χ1) is 8.36. The van der Waals surface area contributed by atoms with Crippen LogP contribution in [0.5, 0.6) is 5.75 Å². The Hall–Kier alpha value is -1.02. The van der Waals surface area contributed by atoms with E-state index in [-0.39, 0.29) is 0 Å². The number of nitrogens with zero attached hydrogens (tertiary/aromatic N) is 1. The Labute approximate surface area is 104 Å². The predicted molar refractivity (Wildman–Crippen MR) is 69.6 cm³/mol. The van der Waals surface area contributed by atoms with Crippen molar-refractivity contribution in [3.8, 4) is 5.75 Å². The first-order valence-corrected chi connectivity index (χ1v) is 6.76. The third kappa shape index (κ3) is 2.19. The molecule has 0 atom stereocenters. The number of hydrogen-bond donors (Lipinski definition) is 0. The minimum absolute atomic E-state index is 0.881. The van der Waals surface area contributed by atoms with Crippen LogP contribution in [0.4, 0.5) is 0 Å². The van der Waals surface area contributed by atoms with Crippen molar-refractivity contribution >= 4 is 0 Å². The normalized spacial score (nSPS) is 21.5. The topological polar surface area (TPSA) is 12.5 Å². The summed E-state index contributed by atoms with van der Waals surface area (Å²) in [6.07, 6.45) is 6.65. The summed E-state index contributed by atoms with van der Waals surface area (Å²) in [7, 11) is 1.75. The standard InChI is InChI=1S/C15H21NO/c1-17-15-6-5-12-7-9-16(14-3-2-4-14)10-8-13(12)11-15/h5-6,11,14H,2-4,7-10H2,1H3. The molecule has 1 aromatic carbocycles. The summed E-state index contributed by atoms with van der Waals surface area (Å²) in [4.78, 5) is 2.69. The second-order valence-electron chi connectivity index (χ2n) is 5.26. The summed E-state index contributed by atoms with van der Waals surface area (Å²) in [6, 6.07) is 7.45. The van der Waals surface area contributed by atoms with Crippen LogP contribution in [0, 0.1) is 0 Å². The molecule has 1 heterocycles. The summed E-state index contributed by atoms with van der Waals surface area (Å²) in [5.74, 6) is 1.00. The molecule has 0 bridgehead atoms. The van der Waals surface area contributed by atoms with Crippen LogP contribution in [-0.4, -0.2) is 31.1 Å². The number of ether oxygens (including phenoxy) is 1. The minimum Gasteiger partial charge on any atom is -0.497 e. The zero-order valence-electron chi connectivity index (χ0n) is 10.6. The molecule has 1 saturated carbocycles. The SMILES string of the molecule is COc1ccc2c(c1)CCN(C1CCC1)CC2. The smallest absolute Gasteiger partial charge is 0.119 e. The summed E-state index contributed by atoms with van der Waals surface area (Å²) in [5.41, 5.74) is 3.01. The van der Waals surface area contributed by atoms with Crippen LogP contribution in [0.15, 0.2) is 18.2 Å². The number of benzene rings is 1. The maximum Gasteiger partial charge on any atom is 0.119 e. The van der Waals surface area contributed by atoms with Crippen LogP contribution in [0.25, 0.3) is 0 Å². The Kier molecular flexibility index (Phi) is 3.06. The summed E-state index contributed by atoms with van der Waals surface area (Å²) in [5, 5.41) is 0. The highest BCUT2D eigenvalue weighted by Gasteiger charge is 2.26. The van der Waals surface area contributed by atoms with E-state index in [1.165, 1.54) is 56.3 Å². The van der Waals surface area contributed by atoms with Gasteiger partial charge < -0.3 is 4.74 Å². The van der Waals surface area contributed by atoms with Gasteiger partial charge in [0.15, 0.2) is 0 Å². The highest BCUT2D eigenvalue weighted by atomic mass is 16.5. The summed E-state index contributed by atoms with van der Waals surface area (Å²) in [6.45, 7) is 2.47. The molecule has 1 aromatic rings. The molecule has 1 aliphatic heterocycles.